The molecule has 0 amide bonds. The molecule has 0 aliphatic carbocycles. The average Bonchev–Trinajstić information content (AvgIpc) is 2.34. The van der Waals surface area contributed by atoms with Crippen molar-refractivity contribution in [3.8, 4) is 0 Å². The maximum atomic E-state index is 12.7. The van der Waals surface area contributed by atoms with Gasteiger partial charge >= 0.3 is 12.1 Å². The number of hydrogen-bond donors (Lipinski definition) is 1. The molecule has 3 nitrogen and oxygen atoms in total. The van der Waals surface area contributed by atoms with Crippen LogP contribution in [0, 0.1) is 5.41 Å². The zero-order chi connectivity index (χ0) is 15.7. The molecule has 0 radical (unpaired) electrons. The minimum absolute atomic E-state index is 0. The van der Waals surface area contributed by atoms with Crippen LogP contribution in [0.3, 0.4) is 0 Å². The summed E-state index contributed by atoms with van der Waals surface area (Å²) in [7, 11) is 1.19. The Morgan fingerprint density at radius 1 is 1.29 bits per heavy atom. The summed E-state index contributed by atoms with van der Waals surface area (Å²) >= 11 is 5.69. The standard InChI is InChI=1S/C13H15ClF3NO2.ClH/c1-12(2,11(19)20-3)10(18)7-4-8(13(15,16)17)6-9(14)5-7;/h4-6,10H,18H2,1-3H3;1H/t10-;/m0./s1. The van der Waals surface area contributed by atoms with Crippen molar-refractivity contribution in [1.29, 1.82) is 0 Å². The third-order valence-corrected chi connectivity index (χ3v) is 3.31. The Bertz CT molecular complexity index is 519. The Hall–Kier alpha value is -0.980. The summed E-state index contributed by atoms with van der Waals surface area (Å²) in [6.45, 7) is 3.00. The van der Waals surface area contributed by atoms with E-state index in [0.717, 1.165) is 12.1 Å². The Morgan fingerprint density at radius 3 is 2.24 bits per heavy atom. The first kappa shape index (κ1) is 20.0. The van der Waals surface area contributed by atoms with Gasteiger partial charge in [0.2, 0.25) is 0 Å². The van der Waals surface area contributed by atoms with Crippen molar-refractivity contribution in [3.63, 3.8) is 0 Å². The average molecular weight is 346 g/mol. The van der Waals surface area contributed by atoms with E-state index in [-0.39, 0.29) is 23.0 Å². The lowest BCUT2D eigenvalue weighted by atomic mass is 9.80. The molecule has 0 spiro atoms. The van der Waals surface area contributed by atoms with Crippen LogP contribution in [-0.4, -0.2) is 13.1 Å². The van der Waals surface area contributed by atoms with Crippen molar-refractivity contribution >= 4 is 30.0 Å². The second-order valence-corrected chi connectivity index (χ2v) is 5.40. The molecule has 0 aliphatic rings. The molecule has 2 N–H and O–H groups in total. The van der Waals surface area contributed by atoms with Crippen LogP contribution in [0.2, 0.25) is 5.02 Å². The van der Waals surface area contributed by atoms with Crippen LogP contribution in [0.15, 0.2) is 18.2 Å². The van der Waals surface area contributed by atoms with E-state index in [0.29, 0.717) is 0 Å². The van der Waals surface area contributed by atoms with Gasteiger partial charge in [-0.3, -0.25) is 4.79 Å². The Morgan fingerprint density at radius 2 is 1.81 bits per heavy atom. The smallest absolute Gasteiger partial charge is 0.416 e. The predicted molar refractivity (Wildman–Crippen MR) is 76.4 cm³/mol. The highest BCUT2D eigenvalue weighted by molar-refractivity contribution is 6.30. The summed E-state index contributed by atoms with van der Waals surface area (Å²) in [5.41, 5.74) is 3.94. The molecule has 8 heteroatoms. The second kappa shape index (κ2) is 6.85. The van der Waals surface area contributed by atoms with Crippen molar-refractivity contribution < 1.29 is 22.7 Å². The number of alkyl halides is 3. The summed E-state index contributed by atoms with van der Waals surface area (Å²) in [5.74, 6) is -0.612. The summed E-state index contributed by atoms with van der Waals surface area (Å²) in [4.78, 5) is 11.7. The van der Waals surface area contributed by atoms with Crippen LogP contribution < -0.4 is 5.73 Å². The molecular formula is C13H16Cl2F3NO2. The third kappa shape index (κ3) is 4.49. The molecule has 120 valence electrons. The highest BCUT2D eigenvalue weighted by Crippen LogP contribution is 2.37. The van der Waals surface area contributed by atoms with Gasteiger partial charge in [-0.15, -0.1) is 12.4 Å². The quantitative estimate of drug-likeness (QED) is 0.843. The first-order valence-corrected chi connectivity index (χ1v) is 6.09. The van der Waals surface area contributed by atoms with Crippen LogP contribution in [0.5, 0.6) is 0 Å². The number of hydrogen-bond acceptors (Lipinski definition) is 3. The van der Waals surface area contributed by atoms with Crippen LogP contribution in [0.4, 0.5) is 13.2 Å². The zero-order valence-electron chi connectivity index (χ0n) is 11.6. The van der Waals surface area contributed by atoms with Crippen LogP contribution in [0.25, 0.3) is 0 Å². The molecule has 0 fully saturated rings. The molecule has 0 heterocycles. The maximum absolute atomic E-state index is 12.7. The number of ether oxygens (including phenoxy) is 1. The Kier molecular flexibility index (Phi) is 6.53. The van der Waals surface area contributed by atoms with Gasteiger partial charge in [-0.05, 0) is 37.6 Å². The topological polar surface area (TPSA) is 52.3 Å². The Balaban J connectivity index is 0.00000400. The lowest BCUT2D eigenvalue weighted by molar-refractivity contribution is -0.152. The monoisotopic (exact) mass is 345 g/mol. The molecule has 0 unspecified atom stereocenters. The Labute approximate surface area is 132 Å². The number of benzene rings is 1. The maximum Gasteiger partial charge on any atom is 0.416 e. The van der Waals surface area contributed by atoms with E-state index in [1.807, 2.05) is 0 Å². The molecule has 1 aromatic rings. The molecule has 0 saturated heterocycles. The summed E-state index contributed by atoms with van der Waals surface area (Å²) < 4.78 is 42.8. The number of esters is 1. The fourth-order valence-corrected chi connectivity index (χ4v) is 2.01. The molecule has 1 rings (SSSR count). The normalized spacial score (nSPS) is 13.3. The van der Waals surface area contributed by atoms with Crippen molar-refractivity contribution in [1.82, 2.24) is 0 Å². The van der Waals surface area contributed by atoms with Gasteiger partial charge < -0.3 is 10.5 Å². The van der Waals surface area contributed by atoms with E-state index in [4.69, 9.17) is 17.3 Å². The molecule has 0 bridgehead atoms. The first-order chi connectivity index (χ1) is 9.00. The fraction of sp³-hybridized carbons (Fsp3) is 0.462. The molecule has 1 atom stereocenters. The minimum Gasteiger partial charge on any atom is -0.469 e. The van der Waals surface area contributed by atoms with Crippen LogP contribution >= 0.6 is 24.0 Å². The van der Waals surface area contributed by atoms with E-state index in [2.05, 4.69) is 4.74 Å². The molecule has 0 aliphatic heterocycles. The summed E-state index contributed by atoms with van der Waals surface area (Å²) in [5, 5.41) is -0.0917. The molecule has 0 aromatic heterocycles. The van der Waals surface area contributed by atoms with Crippen molar-refractivity contribution in [3.05, 3.63) is 34.3 Å². The van der Waals surface area contributed by atoms with Gasteiger partial charge in [0.05, 0.1) is 18.1 Å². The zero-order valence-corrected chi connectivity index (χ0v) is 13.2. The van der Waals surface area contributed by atoms with E-state index in [1.165, 1.54) is 27.0 Å². The molecule has 0 saturated carbocycles. The van der Waals surface area contributed by atoms with Crippen LogP contribution in [-0.2, 0) is 15.7 Å². The number of carbonyl (C=O) groups is 1. The van der Waals surface area contributed by atoms with Gasteiger partial charge in [0.15, 0.2) is 0 Å². The van der Waals surface area contributed by atoms with Crippen molar-refractivity contribution in [2.45, 2.75) is 26.1 Å². The van der Waals surface area contributed by atoms with Crippen molar-refractivity contribution in [2.75, 3.05) is 7.11 Å². The van der Waals surface area contributed by atoms with Gasteiger partial charge in [0.1, 0.15) is 0 Å². The van der Waals surface area contributed by atoms with Crippen LogP contribution in [0.1, 0.15) is 31.0 Å². The number of rotatable bonds is 3. The van der Waals surface area contributed by atoms with Gasteiger partial charge in [-0.2, -0.15) is 13.2 Å². The third-order valence-electron chi connectivity index (χ3n) is 3.10. The van der Waals surface area contributed by atoms with E-state index in [9.17, 15) is 18.0 Å². The molecular weight excluding hydrogens is 330 g/mol. The fourth-order valence-electron chi connectivity index (χ4n) is 1.76. The van der Waals surface area contributed by atoms with Gasteiger partial charge in [0.25, 0.3) is 0 Å². The summed E-state index contributed by atoms with van der Waals surface area (Å²) in [6.07, 6.45) is -4.53. The SMILES string of the molecule is COC(=O)C(C)(C)[C@@H](N)c1cc(Cl)cc(C(F)(F)F)c1.Cl. The van der Waals surface area contributed by atoms with E-state index < -0.39 is 29.2 Å². The number of methoxy groups -OCH3 is 1. The highest BCUT2D eigenvalue weighted by Gasteiger charge is 2.38. The van der Waals surface area contributed by atoms with Crippen molar-refractivity contribution in [2.24, 2.45) is 11.1 Å². The van der Waals surface area contributed by atoms with Gasteiger partial charge in [0, 0.05) is 11.1 Å². The second-order valence-electron chi connectivity index (χ2n) is 4.96. The molecule has 1 aromatic carbocycles. The number of nitrogens with two attached hydrogens (primary N) is 1. The van der Waals surface area contributed by atoms with E-state index in [1.54, 1.807) is 0 Å². The number of carbonyl (C=O) groups excluding carboxylic acids is 1. The molecule has 21 heavy (non-hydrogen) atoms. The minimum atomic E-state index is -4.53. The van der Waals surface area contributed by atoms with Gasteiger partial charge in [-0.1, -0.05) is 11.6 Å². The van der Waals surface area contributed by atoms with Gasteiger partial charge in [-0.25, -0.2) is 0 Å². The lowest BCUT2D eigenvalue weighted by Crippen LogP contribution is -2.37. The lowest BCUT2D eigenvalue weighted by Gasteiger charge is -2.29. The largest absolute Gasteiger partial charge is 0.469 e. The number of halogens is 5. The summed E-state index contributed by atoms with van der Waals surface area (Å²) in [6, 6.07) is 2.03. The highest BCUT2D eigenvalue weighted by atomic mass is 35.5. The van der Waals surface area contributed by atoms with E-state index >= 15 is 0 Å². The predicted octanol–water partition coefficient (Wildman–Crippen LogP) is 3.98. The first-order valence-electron chi connectivity index (χ1n) is 5.72.